The summed E-state index contributed by atoms with van der Waals surface area (Å²) in [7, 11) is 2.39. The fourth-order valence-electron chi connectivity index (χ4n) is 2.65. The van der Waals surface area contributed by atoms with Crippen molar-refractivity contribution in [1.29, 1.82) is 0 Å². The van der Waals surface area contributed by atoms with Gasteiger partial charge < -0.3 is 25.4 Å². The molecule has 10 heteroatoms. The molecule has 2 rings (SSSR count). The minimum Gasteiger partial charge on any atom is -0.497 e. The van der Waals surface area contributed by atoms with Gasteiger partial charge in [0.15, 0.2) is 0 Å². The van der Waals surface area contributed by atoms with Crippen LogP contribution < -0.4 is 25.4 Å². The van der Waals surface area contributed by atoms with Crippen LogP contribution in [-0.2, 0) is 14.8 Å². The lowest BCUT2D eigenvalue weighted by Crippen LogP contribution is -2.24. The van der Waals surface area contributed by atoms with E-state index in [1.807, 2.05) is 6.92 Å². The summed E-state index contributed by atoms with van der Waals surface area (Å²) in [6.45, 7) is 2.50. The second kappa shape index (κ2) is 10.2. The number of carbonyl (C=O) groups excluding carboxylic acids is 1. The second-order valence-corrected chi connectivity index (χ2v) is 8.68. The molecule has 0 spiro atoms. The molecule has 30 heavy (non-hydrogen) atoms. The fourth-order valence-corrected chi connectivity index (χ4v) is 3.57. The van der Waals surface area contributed by atoms with Gasteiger partial charge in [0.25, 0.3) is 0 Å². The van der Waals surface area contributed by atoms with Crippen molar-refractivity contribution in [3.63, 3.8) is 0 Å². The molecule has 0 aromatic heterocycles. The Morgan fingerprint density at radius 3 is 2.13 bits per heavy atom. The van der Waals surface area contributed by atoms with Crippen LogP contribution in [0.5, 0.6) is 11.5 Å². The highest BCUT2D eigenvalue weighted by Gasteiger charge is 2.19. The Balaban J connectivity index is 2.18. The number of carbonyl (C=O) groups is 1. The zero-order valence-corrected chi connectivity index (χ0v) is 18.6. The summed E-state index contributed by atoms with van der Waals surface area (Å²) >= 11 is 0. The molecule has 0 aliphatic rings. The van der Waals surface area contributed by atoms with E-state index >= 15 is 0 Å². The maximum absolute atomic E-state index is 12.4. The Morgan fingerprint density at radius 2 is 1.60 bits per heavy atom. The summed E-state index contributed by atoms with van der Waals surface area (Å²) in [6, 6.07) is 9.76. The maximum Gasteiger partial charge on any atom is 0.243 e. The zero-order valence-electron chi connectivity index (χ0n) is 17.8. The average Bonchev–Trinajstić information content (AvgIpc) is 2.72. The smallest absolute Gasteiger partial charge is 0.243 e. The number of nitrogens with one attached hydrogen (secondary N) is 3. The van der Waals surface area contributed by atoms with Crippen molar-refractivity contribution in [2.45, 2.75) is 11.8 Å². The summed E-state index contributed by atoms with van der Waals surface area (Å²) in [6.07, 6.45) is 0. The number of hydrogen-bond donors (Lipinski definition) is 3. The van der Waals surface area contributed by atoms with Gasteiger partial charge in [-0.1, -0.05) is 0 Å². The lowest BCUT2D eigenvalue weighted by Gasteiger charge is -2.17. The van der Waals surface area contributed by atoms with Crippen LogP contribution in [0.25, 0.3) is 0 Å². The molecule has 164 valence electrons. The molecule has 0 aliphatic heterocycles. The molecule has 3 N–H and O–H groups in total. The van der Waals surface area contributed by atoms with Gasteiger partial charge in [-0.3, -0.25) is 4.79 Å². The van der Waals surface area contributed by atoms with Gasteiger partial charge in [-0.05, 0) is 25.1 Å². The van der Waals surface area contributed by atoms with Crippen LogP contribution in [0.2, 0.25) is 0 Å². The standard InChI is InChI=1S/C20H28N4O5S/c1-6-21-18-8-7-17(30(26,27)24(2)3)12-19(18)22-13-20(25)23-14-9-15(28-4)11-16(10-14)29-5/h7-12,21-22H,6,13H2,1-5H3,(H,23,25). The summed E-state index contributed by atoms with van der Waals surface area (Å²) in [5.41, 5.74) is 1.73. The van der Waals surface area contributed by atoms with Crippen molar-refractivity contribution in [2.24, 2.45) is 0 Å². The topological polar surface area (TPSA) is 109 Å². The highest BCUT2D eigenvalue weighted by Crippen LogP contribution is 2.27. The Morgan fingerprint density at radius 1 is 0.967 bits per heavy atom. The second-order valence-electron chi connectivity index (χ2n) is 6.53. The fraction of sp³-hybridized carbons (Fsp3) is 0.350. The quantitative estimate of drug-likeness (QED) is 0.525. The van der Waals surface area contributed by atoms with Gasteiger partial charge in [-0.15, -0.1) is 0 Å². The Labute approximate surface area is 177 Å². The Kier molecular flexibility index (Phi) is 7.90. The first kappa shape index (κ1) is 23.3. The zero-order chi connectivity index (χ0) is 22.3. The third-order valence-electron chi connectivity index (χ3n) is 4.21. The molecular formula is C20H28N4O5S. The predicted molar refractivity (Wildman–Crippen MR) is 118 cm³/mol. The van der Waals surface area contributed by atoms with Crippen molar-refractivity contribution in [3.05, 3.63) is 36.4 Å². The largest absolute Gasteiger partial charge is 0.497 e. The first-order valence-electron chi connectivity index (χ1n) is 9.28. The monoisotopic (exact) mass is 436 g/mol. The van der Waals surface area contributed by atoms with Crippen LogP contribution in [0.3, 0.4) is 0 Å². The van der Waals surface area contributed by atoms with Crippen molar-refractivity contribution < 1.29 is 22.7 Å². The molecule has 9 nitrogen and oxygen atoms in total. The van der Waals surface area contributed by atoms with E-state index < -0.39 is 10.0 Å². The molecule has 0 heterocycles. The van der Waals surface area contributed by atoms with Crippen LogP contribution in [0, 0.1) is 0 Å². The van der Waals surface area contributed by atoms with Gasteiger partial charge in [0.2, 0.25) is 15.9 Å². The lowest BCUT2D eigenvalue weighted by atomic mass is 10.2. The van der Waals surface area contributed by atoms with Crippen LogP contribution in [-0.4, -0.2) is 60.0 Å². The van der Waals surface area contributed by atoms with Gasteiger partial charge >= 0.3 is 0 Å². The minimum absolute atomic E-state index is 0.0661. The van der Waals surface area contributed by atoms with E-state index in [-0.39, 0.29) is 17.3 Å². The number of anilines is 3. The van der Waals surface area contributed by atoms with Gasteiger partial charge in [0, 0.05) is 44.5 Å². The molecule has 0 aliphatic carbocycles. The lowest BCUT2D eigenvalue weighted by molar-refractivity contribution is -0.114. The molecular weight excluding hydrogens is 408 g/mol. The van der Waals surface area contributed by atoms with Crippen molar-refractivity contribution in [3.8, 4) is 11.5 Å². The van der Waals surface area contributed by atoms with E-state index in [9.17, 15) is 13.2 Å². The van der Waals surface area contributed by atoms with E-state index in [1.165, 1.54) is 40.4 Å². The molecule has 0 saturated heterocycles. The van der Waals surface area contributed by atoms with Gasteiger partial charge in [0.05, 0.1) is 37.0 Å². The number of benzene rings is 2. The Hall–Kier alpha value is -2.98. The average molecular weight is 437 g/mol. The number of nitrogens with zero attached hydrogens (tertiary/aromatic N) is 1. The number of sulfonamides is 1. The number of ether oxygens (including phenoxy) is 2. The molecule has 0 unspecified atom stereocenters. The number of hydrogen-bond acceptors (Lipinski definition) is 7. The molecule has 2 aromatic carbocycles. The molecule has 0 bridgehead atoms. The summed E-state index contributed by atoms with van der Waals surface area (Å²) < 4.78 is 36.4. The van der Waals surface area contributed by atoms with E-state index in [0.29, 0.717) is 35.1 Å². The van der Waals surface area contributed by atoms with Crippen molar-refractivity contribution in [1.82, 2.24) is 4.31 Å². The normalized spacial score (nSPS) is 11.1. The van der Waals surface area contributed by atoms with Crippen molar-refractivity contribution >= 4 is 33.0 Å². The molecule has 2 aromatic rings. The van der Waals surface area contributed by atoms with Crippen LogP contribution in [0.4, 0.5) is 17.1 Å². The van der Waals surface area contributed by atoms with E-state index in [2.05, 4.69) is 16.0 Å². The number of rotatable bonds is 10. The van der Waals surface area contributed by atoms with Crippen LogP contribution >= 0.6 is 0 Å². The number of amides is 1. The van der Waals surface area contributed by atoms with E-state index in [0.717, 1.165) is 4.31 Å². The molecule has 1 amide bonds. The molecule has 0 atom stereocenters. The van der Waals surface area contributed by atoms with Crippen molar-refractivity contribution in [2.75, 3.05) is 57.4 Å². The highest BCUT2D eigenvalue weighted by molar-refractivity contribution is 7.89. The third kappa shape index (κ3) is 5.77. The number of methoxy groups -OCH3 is 2. The summed E-state index contributed by atoms with van der Waals surface area (Å²) in [4.78, 5) is 12.6. The predicted octanol–water partition coefficient (Wildman–Crippen LogP) is 2.44. The third-order valence-corrected chi connectivity index (χ3v) is 6.02. The van der Waals surface area contributed by atoms with E-state index in [4.69, 9.17) is 9.47 Å². The van der Waals surface area contributed by atoms with Crippen LogP contribution in [0.15, 0.2) is 41.3 Å². The molecule has 0 saturated carbocycles. The van der Waals surface area contributed by atoms with Crippen LogP contribution in [0.1, 0.15) is 6.92 Å². The maximum atomic E-state index is 12.4. The van der Waals surface area contributed by atoms with Gasteiger partial charge in [-0.2, -0.15) is 0 Å². The minimum atomic E-state index is -3.60. The van der Waals surface area contributed by atoms with Gasteiger partial charge in [0.1, 0.15) is 11.5 Å². The van der Waals surface area contributed by atoms with Gasteiger partial charge in [-0.25, -0.2) is 12.7 Å². The van der Waals surface area contributed by atoms with E-state index in [1.54, 1.807) is 24.3 Å². The first-order valence-corrected chi connectivity index (χ1v) is 10.7. The SMILES string of the molecule is CCNc1ccc(S(=O)(=O)N(C)C)cc1NCC(=O)Nc1cc(OC)cc(OC)c1. The summed E-state index contributed by atoms with van der Waals surface area (Å²) in [5, 5.41) is 8.93. The molecule has 0 fully saturated rings. The first-order chi connectivity index (χ1) is 14.2. The summed E-state index contributed by atoms with van der Waals surface area (Å²) in [5.74, 6) is 0.788. The molecule has 0 radical (unpaired) electrons. The Bertz CT molecular complexity index is 970. The highest BCUT2D eigenvalue weighted by atomic mass is 32.2.